The van der Waals surface area contributed by atoms with Gasteiger partial charge in [-0.05, 0) is 62.3 Å². The van der Waals surface area contributed by atoms with Gasteiger partial charge in [-0.15, -0.1) is 11.3 Å². The molecule has 27 heavy (non-hydrogen) atoms. The van der Waals surface area contributed by atoms with Crippen molar-refractivity contribution in [3.8, 4) is 11.5 Å². The van der Waals surface area contributed by atoms with Crippen LogP contribution in [-0.2, 0) is 22.6 Å². The van der Waals surface area contributed by atoms with Crippen LogP contribution in [0.4, 0.5) is 0 Å². The number of hydrogen-bond acceptors (Lipinski definition) is 5. The first-order valence-electron chi connectivity index (χ1n) is 9.03. The average molecular weight is 388 g/mol. The lowest BCUT2D eigenvalue weighted by molar-refractivity contribution is -0.137. The van der Waals surface area contributed by atoms with Crippen molar-refractivity contribution in [2.45, 2.75) is 59.6 Å². The molecule has 0 aliphatic carbocycles. The molecule has 5 nitrogen and oxygen atoms in total. The zero-order valence-electron chi connectivity index (χ0n) is 16.4. The van der Waals surface area contributed by atoms with Crippen molar-refractivity contribution < 1.29 is 19.1 Å². The first kappa shape index (κ1) is 19.4. The van der Waals surface area contributed by atoms with Gasteiger partial charge in [-0.3, -0.25) is 9.59 Å². The largest absolute Gasteiger partial charge is 0.477 e. The third-order valence-electron chi connectivity index (χ3n) is 5.22. The van der Waals surface area contributed by atoms with Gasteiger partial charge < -0.3 is 14.8 Å². The summed E-state index contributed by atoms with van der Waals surface area (Å²) >= 11 is 1.61. The number of rotatable bonds is 4. The summed E-state index contributed by atoms with van der Waals surface area (Å²) in [6.45, 7) is 9.53. The van der Waals surface area contributed by atoms with E-state index in [-0.39, 0.29) is 11.9 Å². The molecule has 144 valence electrons. The second-order valence-corrected chi connectivity index (χ2v) is 8.23. The first-order chi connectivity index (χ1) is 12.7. The SMILES string of the molecule is CC(=O)Oc1c(C)c(C)c2c(c1C)CCC(C)(C(=O)NCc1cccs1)O2. The fourth-order valence-electron chi connectivity index (χ4n) is 3.46. The van der Waals surface area contributed by atoms with Gasteiger partial charge in [0.05, 0.1) is 6.54 Å². The van der Waals surface area contributed by atoms with Gasteiger partial charge in [-0.1, -0.05) is 6.07 Å². The summed E-state index contributed by atoms with van der Waals surface area (Å²) in [5.74, 6) is 0.893. The molecule has 0 saturated carbocycles. The van der Waals surface area contributed by atoms with Crippen LogP contribution >= 0.6 is 11.3 Å². The van der Waals surface area contributed by atoms with E-state index in [0.717, 1.165) is 32.9 Å². The topological polar surface area (TPSA) is 64.6 Å². The van der Waals surface area contributed by atoms with E-state index >= 15 is 0 Å². The highest BCUT2D eigenvalue weighted by atomic mass is 32.1. The Morgan fingerprint density at radius 1 is 1.26 bits per heavy atom. The van der Waals surface area contributed by atoms with Gasteiger partial charge in [0.1, 0.15) is 11.5 Å². The van der Waals surface area contributed by atoms with Gasteiger partial charge in [0, 0.05) is 23.8 Å². The van der Waals surface area contributed by atoms with Crippen LogP contribution in [0.15, 0.2) is 17.5 Å². The average Bonchev–Trinajstić information content (AvgIpc) is 3.14. The van der Waals surface area contributed by atoms with Crippen LogP contribution in [0, 0.1) is 20.8 Å². The number of nitrogens with one attached hydrogen (secondary N) is 1. The molecular weight excluding hydrogens is 362 g/mol. The molecule has 1 aliphatic heterocycles. The molecule has 0 fully saturated rings. The Balaban J connectivity index is 1.86. The lowest BCUT2D eigenvalue weighted by Gasteiger charge is -2.36. The van der Waals surface area contributed by atoms with E-state index in [1.807, 2.05) is 45.2 Å². The maximum Gasteiger partial charge on any atom is 0.308 e. The van der Waals surface area contributed by atoms with Gasteiger partial charge in [0.15, 0.2) is 5.60 Å². The molecule has 2 aromatic rings. The fraction of sp³-hybridized carbons (Fsp3) is 0.429. The quantitative estimate of drug-likeness (QED) is 0.636. The Hall–Kier alpha value is -2.34. The molecule has 1 atom stereocenters. The molecule has 0 bridgehead atoms. The Bertz CT molecular complexity index is 888. The van der Waals surface area contributed by atoms with E-state index in [1.165, 1.54) is 6.92 Å². The molecule has 1 aromatic carbocycles. The fourth-order valence-corrected chi connectivity index (χ4v) is 4.10. The highest BCUT2D eigenvalue weighted by Gasteiger charge is 2.40. The number of amides is 1. The minimum atomic E-state index is -0.920. The molecule has 2 heterocycles. The maximum absolute atomic E-state index is 12.8. The van der Waals surface area contributed by atoms with Gasteiger partial charge in [-0.25, -0.2) is 0 Å². The summed E-state index contributed by atoms with van der Waals surface area (Å²) < 4.78 is 11.7. The molecule has 1 aliphatic rings. The third-order valence-corrected chi connectivity index (χ3v) is 6.10. The Morgan fingerprint density at radius 3 is 2.63 bits per heavy atom. The predicted octanol–water partition coefficient (Wildman–Crippen LogP) is 4.00. The molecule has 0 radical (unpaired) electrons. The Morgan fingerprint density at radius 2 is 2.00 bits per heavy atom. The van der Waals surface area contributed by atoms with Crippen LogP contribution in [0.2, 0.25) is 0 Å². The first-order valence-corrected chi connectivity index (χ1v) is 9.91. The summed E-state index contributed by atoms with van der Waals surface area (Å²) in [5, 5.41) is 4.98. The molecule has 1 amide bonds. The van der Waals surface area contributed by atoms with Crippen molar-refractivity contribution in [3.05, 3.63) is 44.6 Å². The molecule has 1 aromatic heterocycles. The van der Waals surface area contributed by atoms with E-state index in [1.54, 1.807) is 11.3 Å². The van der Waals surface area contributed by atoms with Crippen LogP contribution in [0.25, 0.3) is 0 Å². The highest BCUT2D eigenvalue weighted by molar-refractivity contribution is 7.09. The Kier molecular flexibility index (Phi) is 5.29. The van der Waals surface area contributed by atoms with Gasteiger partial charge >= 0.3 is 5.97 Å². The molecule has 1 unspecified atom stereocenters. The van der Waals surface area contributed by atoms with Gasteiger partial charge in [0.2, 0.25) is 0 Å². The van der Waals surface area contributed by atoms with E-state index in [4.69, 9.17) is 9.47 Å². The van der Waals surface area contributed by atoms with Crippen molar-refractivity contribution in [2.75, 3.05) is 0 Å². The molecule has 1 N–H and O–H groups in total. The number of carbonyl (C=O) groups is 2. The smallest absolute Gasteiger partial charge is 0.308 e. The predicted molar refractivity (Wildman–Crippen MR) is 105 cm³/mol. The van der Waals surface area contributed by atoms with E-state index in [0.29, 0.717) is 25.1 Å². The monoisotopic (exact) mass is 387 g/mol. The number of hydrogen-bond donors (Lipinski definition) is 1. The maximum atomic E-state index is 12.8. The number of esters is 1. The zero-order valence-corrected chi connectivity index (χ0v) is 17.2. The van der Waals surface area contributed by atoms with Crippen molar-refractivity contribution in [1.82, 2.24) is 5.32 Å². The summed E-state index contributed by atoms with van der Waals surface area (Å²) in [7, 11) is 0. The zero-order chi connectivity index (χ0) is 19.8. The van der Waals surface area contributed by atoms with Gasteiger partial charge in [-0.2, -0.15) is 0 Å². The van der Waals surface area contributed by atoms with Crippen LogP contribution in [0.5, 0.6) is 11.5 Å². The molecule has 3 rings (SSSR count). The van der Waals surface area contributed by atoms with E-state index in [2.05, 4.69) is 5.32 Å². The minimum Gasteiger partial charge on any atom is -0.477 e. The summed E-state index contributed by atoms with van der Waals surface area (Å²) in [6, 6.07) is 3.97. The van der Waals surface area contributed by atoms with Crippen LogP contribution in [-0.4, -0.2) is 17.5 Å². The molecule has 0 saturated heterocycles. The lowest BCUT2D eigenvalue weighted by Crippen LogP contribution is -2.50. The van der Waals surface area contributed by atoms with Gasteiger partial charge in [0.25, 0.3) is 5.91 Å². The summed E-state index contributed by atoms with van der Waals surface area (Å²) in [5.41, 5.74) is 2.77. The van der Waals surface area contributed by atoms with E-state index in [9.17, 15) is 9.59 Å². The minimum absolute atomic E-state index is 0.111. The highest BCUT2D eigenvalue weighted by Crippen LogP contribution is 2.43. The van der Waals surface area contributed by atoms with E-state index < -0.39 is 5.60 Å². The third kappa shape index (κ3) is 3.72. The molecule has 6 heteroatoms. The second kappa shape index (κ2) is 7.35. The summed E-state index contributed by atoms with van der Waals surface area (Å²) in [4.78, 5) is 25.4. The summed E-state index contributed by atoms with van der Waals surface area (Å²) in [6.07, 6.45) is 1.26. The van der Waals surface area contributed by atoms with Crippen molar-refractivity contribution >= 4 is 23.2 Å². The standard InChI is InChI=1S/C21H25NO4S/c1-12-13(2)19-17(14(3)18(12)25-15(4)23)8-9-21(5,26-19)20(24)22-11-16-7-6-10-27-16/h6-7,10H,8-9,11H2,1-5H3,(H,22,24). The van der Waals surface area contributed by atoms with Crippen LogP contribution in [0.3, 0.4) is 0 Å². The van der Waals surface area contributed by atoms with Crippen LogP contribution in [0.1, 0.15) is 47.4 Å². The molecular formula is C21H25NO4S. The lowest BCUT2D eigenvalue weighted by atomic mass is 9.86. The number of ether oxygens (including phenoxy) is 2. The normalized spacial score (nSPS) is 18.4. The number of carbonyl (C=O) groups excluding carboxylic acids is 2. The van der Waals surface area contributed by atoms with Crippen molar-refractivity contribution in [2.24, 2.45) is 0 Å². The van der Waals surface area contributed by atoms with Crippen molar-refractivity contribution in [1.29, 1.82) is 0 Å². The second-order valence-electron chi connectivity index (χ2n) is 7.20. The Labute approximate surface area is 163 Å². The number of fused-ring (bicyclic) bond motifs is 1. The molecule has 0 spiro atoms. The number of thiophene rings is 1. The van der Waals surface area contributed by atoms with Crippen molar-refractivity contribution in [3.63, 3.8) is 0 Å². The van der Waals surface area contributed by atoms with Crippen LogP contribution < -0.4 is 14.8 Å². The number of benzene rings is 1.